The molecule has 2 aromatic rings. The molecular weight excluding hydrogens is 320 g/mol. The van der Waals surface area contributed by atoms with Gasteiger partial charge in [-0.3, -0.25) is 0 Å². The second-order valence-corrected chi connectivity index (χ2v) is 4.48. The van der Waals surface area contributed by atoms with Crippen LogP contribution < -0.4 is 0 Å². The summed E-state index contributed by atoms with van der Waals surface area (Å²) in [5.74, 6) is 0.0867. The van der Waals surface area contributed by atoms with Crippen LogP contribution in [0.2, 0.25) is 5.02 Å². The zero-order chi connectivity index (χ0) is 12.6. The van der Waals surface area contributed by atoms with Gasteiger partial charge in [-0.25, -0.2) is 4.98 Å². The van der Waals surface area contributed by atoms with Crippen LogP contribution in [0, 0.1) is 0 Å². The molecule has 17 heavy (non-hydrogen) atoms. The molecule has 7 heteroatoms. The molecule has 0 atom stereocenters. The lowest BCUT2D eigenvalue weighted by Crippen LogP contribution is -2.04. The third kappa shape index (κ3) is 2.47. The van der Waals surface area contributed by atoms with Crippen molar-refractivity contribution >= 4 is 27.5 Å². The summed E-state index contributed by atoms with van der Waals surface area (Å²) in [6.45, 7) is 0. The van der Waals surface area contributed by atoms with Crippen molar-refractivity contribution in [2.24, 2.45) is 0 Å². The molecule has 2 rings (SSSR count). The molecule has 1 aromatic heterocycles. The summed E-state index contributed by atoms with van der Waals surface area (Å²) in [7, 11) is 0. The number of halogens is 5. The largest absolute Gasteiger partial charge is 0.432 e. The average molecular weight is 326 g/mol. The smallest absolute Gasteiger partial charge is 0.334 e. The van der Waals surface area contributed by atoms with E-state index in [-0.39, 0.29) is 5.82 Å². The van der Waals surface area contributed by atoms with Crippen LogP contribution in [0.5, 0.6) is 0 Å². The second kappa shape index (κ2) is 4.34. The molecule has 0 aliphatic rings. The summed E-state index contributed by atoms with van der Waals surface area (Å²) in [5.41, 5.74) is -0.486. The third-order valence-electron chi connectivity index (χ3n) is 2.09. The van der Waals surface area contributed by atoms with Gasteiger partial charge in [0, 0.05) is 10.0 Å². The Bertz CT molecular complexity index is 551. The van der Waals surface area contributed by atoms with Gasteiger partial charge in [0.25, 0.3) is 0 Å². The van der Waals surface area contributed by atoms with Gasteiger partial charge < -0.3 is 4.98 Å². The summed E-state index contributed by atoms with van der Waals surface area (Å²) in [5, 5.41) is 0.315. The van der Waals surface area contributed by atoms with E-state index in [4.69, 9.17) is 11.6 Å². The molecule has 0 amide bonds. The maximum absolute atomic E-state index is 12.4. The minimum absolute atomic E-state index is 0.0867. The van der Waals surface area contributed by atoms with Crippen LogP contribution in [0.25, 0.3) is 11.4 Å². The molecule has 90 valence electrons. The molecule has 1 aromatic carbocycles. The molecule has 0 fully saturated rings. The van der Waals surface area contributed by atoms with Gasteiger partial charge in [-0.05, 0) is 28.1 Å². The van der Waals surface area contributed by atoms with Crippen LogP contribution in [-0.2, 0) is 6.18 Å². The Morgan fingerprint density at radius 2 is 2.00 bits per heavy atom. The minimum atomic E-state index is -4.44. The van der Waals surface area contributed by atoms with Crippen LogP contribution >= 0.6 is 27.5 Å². The number of hydrogen-bond acceptors (Lipinski definition) is 1. The fourth-order valence-electron chi connectivity index (χ4n) is 1.29. The first-order valence-corrected chi connectivity index (χ1v) is 5.63. The van der Waals surface area contributed by atoms with Gasteiger partial charge in [0.05, 0.1) is 11.2 Å². The molecule has 0 bridgehead atoms. The van der Waals surface area contributed by atoms with Crippen molar-refractivity contribution < 1.29 is 13.2 Å². The van der Waals surface area contributed by atoms with Gasteiger partial charge >= 0.3 is 6.18 Å². The Hall–Kier alpha value is -1.01. The predicted octanol–water partition coefficient (Wildman–Crippen LogP) is 4.51. The van der Waals surface area contributed by atoms with E-state index in [2.05, 4.69) is 25.9 Å². The average Bonchev–Trinajstić information content (AvgIpc) is 2.70. The Kier molecular flexibility index (Phi) is 3.18. The first-order valence-electron chi connectivity index (χ1n) is 4.46. The number of aromatic nitrogens is 2. The molecule has 2 nitrogen and oxygen atoms in total. The van der Waals surface area contributed by atoms with Crippen molar-refractivity contribution in [1.29, 1.82) is 0 Å². The number of H-pyrrole nitrogens is 1. The van der Waals surface area contributed by atoms with Crippen LogP contribution in [0.4, 0.5) is 13.2 Å². The zero-order valence-corrected chi connectivity index (χ0v) is 10.5. The van der Waals surface area contributed by atoms with Gasteiger partial charge in [0.2, 0.25) is 0 Å². The van der Waals surface area contributed by atoms with Crippen LogP contribution in [0.1, 0.15) is 5.69 Å². The van der Waals surface area contributed by atoms with Crippen molar-refractivity contribution in [3.63, 3.8) is 0 Å². The lowest BCUT2D eigenvalue weighted by atomic mass is 10.2. The maximum Gasteiger partial charge on any atom is 0.432 e. The fraction of sp³-hybridized carbons (Fsp3) is 0.100. The zero-order valence-electron chi connectivity index (χ0n) is 8.15. The van der Waals surface area contributed by atoms with Crippen LogP contribution in [-0.4, -0.2) is 9.97 Å². The van der Waals surface area contributed by atoms with E-state index < -0.39 is 11.9 Å². The standard InChI is InChI=1S/C10H5BrClF3N2/c11-6-3-1-2-5(8(6)12)9-16-4-7(17-9)10(13,14)15/h1-4H,(H,16,17). The van der Waals surface area contributed by atoms with Crippen LogP contribution in [0.15, 0.2) is 28.9 Å². The highest BCUT2D eigenvalue weighted by Gasteiger charge is 2.33. The SMILES string of the molecule is FC(F)(F)c1cnc(-c2cccc(Br)c2Cl)[nH]1. The molecule has 0 unspecified atom stereocenters. The van der Waals surface area contributed by atoms with Gasteiger partial charge in [-0.1, -0.05) is 17.7 Å². The number of nitrogens with zero attached hydrogens (tertiary/aromatic N) is 1. The molecule has 0 aliphatic heterocycles. The van der Waals surface area contributed by atoms with E-state index in [1.807, 2.05) is 0 Å². The third-order valence-corrected chi connectivity index (χ3v) is 3.38. The highest BCUT2D eigenvalue weighted by molar-refractivity contribution is 9.10. The highest BCUT2D eigenvalue weighted by atomic mass is 79.9. The molecule has 0 saturated carbocycles. The minimum Gasteiger partial charge on any atom is -0.334 e. The monoisotopic (exact) mass is 324 g/mol. The Morgan fingerprint density at radius 1 is 1.29 bits per heavy atom. The second-order valence-electron chi connectivity index (χ2n) is 3.24. The molecule has 1 N–H and O–H groups in total. The van der Waals surface area contributed by atoms with Gasteiger partial charge in [0.1, 0.15) is 11.5 Å². The number of hydrogen-bond donors (Lipinski definition) is 1. The number of aromatic amines is 1. The number of imidazole rings is 1. The van der Waals surface area contributed by atoms with Gasteiger partial charge in [-0.2, -0.15) is 13.2 Å². The van der Waals surface area contributed by atoms with Crippen molar-refractivity contribution in [2.45, 2.75) is 6.18 Å². The van der Waals surface area contributed by atoms with Crippen molar-refractivity contribution in [3.8, 4) is 11.4 Å². The maximum atomic E-state index is 12.4. The van der Waals surface area contributed by atoms with Crippen molar-refractivity contribution in [3.05, 3.63) is 39.6 Å². The van der Waals surface area contributed by atoms with Gasteiger partial charge in [0.15, 0.2) is 0 Å². The lowest BCUT2D eigenvalue weighted by molar-refractivity contribution is -0.140. The van der Waals surface area contributed by atoms with Crippen LogP contribution in [0.3, 0.4) is 0 Å². The quantitative estimate of drug-likeness (QED) is 0.821. The lowest BCUT2D eigenvalue weighted by Gasteiger charge is -2.03. The molecular formula is C10H5BrClF3N2. The Morgan fingerprint density at radius 3 is 2.59 bits per heavy atom. The van der Waals surface area contributed by atoms with Crippen molar-refractivity contribution in [2.75, 3.05) is 0 Å². The highest BCUT2D eigenvalue weighted by Crippen LogP contribution is 2.34. The fourth-order valence-corrected chi connectivity index (χ4v) is 1.87. The van der Waals surface area contributed by atoms with E-state index in [1.54, 1.807) is 18.2 Å². The molecule has 0 spiro atoms. The van der Waals surface area contributed by atoms with E-state index in [9.17, 15) is 13.2 Å². The van der Waals surface area contributed by atoms with E-state index in [0.29, 0.717) is 15.1 Å². The summed E-state index contributed by atoms with van der Waals surface area (Å²) >= 11 is 9.16. The topological polar surface area (TPSA) is 28.7 Å². The number of rotatable bonds is 1. The summed E-state index contributed by atoms with van der Waals surface area (Å²) in [4.78, 5) is 5.87. The van der Waals surface area contributed by atoms with Gasteiger partial charge in [-0.15, -0.1) is 0 Å². The number of alkyl halides is 3. The first kappa shape index (κ1) is 12.4. The molecule has 0 aliphatic carbocycles. The van der Waals surface area contributed by atoms with E-state index in [1.165, 1.54) is 0 Å². The first-order chi connectivity index (χ1) is 7.89. The number of nitrogens with one attached hydrogen (secondary N) is 1. The molecule has 0 saturated heterocycles. The van der Waals surface area contributed by atoms with E-state index >= 15 is 0 Å². The number of benzene rings is 1. The Balaban J connectivity index is 2.48. The Labute approximate surface area is 108 Å². The summed E-state index contributed by atoms with van der Waals surface area (Å²) < 4.78 is 37.7. The summed E-state index contributed by atoms with van der Waals surface area (Å²) in [6.07, 6.45) is -3.70. The molecule has 1 heterocycles. The summed E-state index contributed by atoms with van der Waals surface area (Å²) in [6, 6.07) is 4.95. The predicted molar refractivity (Wildman–Crippen MR) is 61.7 cm³/mol. The van der Waals surface area contributed by atoms with E-state index in [0.717, 1.165) is 6.20 Å². The van der Waals surface area contributed by atoms with Crippen molar-refractivity contribution in [1.82, 2.24) is 9.97 Å². The molecule has 0 radical (unpaired) electrons. The normalized spacial score (nSPS) is 11.8.